The molecule has 0 saturated carbocycles. The van der Waals surface area contributed by atoms with E-state index in [2.05, 4.69) is 6.92 Å². The molecule has 22 heavy (non-hydrogen) atoms. The van der Waals surface area contributed by atoms with Crippen molar-refractivity contribution in [2.75, 3.05) is 0 Å². The molecule has 0 rings (SSSR count). The minimum atomic E-state index is -1.58. The summed E-state index contributed by atoms with van der Waals surface area (Å²) in [5, 5.41) is 18.3. The van der Waals surface area contributed by atoms with Crippen LogP contribution in [0.25, 0.3) is 0 Å². The standard InChI is InChI=1S/C17H32O4.K.H/c1-3-5-6-7-8-9-10-11-12-13-14-17(4-2,15(18)19)16(20)21;;/h3-14H2,1-2H3,(H,18,19)(H,20,21);;/q;+1;-1. The Morgan fingerprint density at radius 3 is 1.45 bits per heavy atom. The van der Waals surface area contributed by atoms with Gasteiger partial charge in [-0.2, -0.15) is 0 Å². The van der Waals surface area contributed by atoms with Crippen molar-refractivity contribution in [3.8, 4) is 0 Å². The maximum atomic E-state index is 11.2. The van der Waals surface area contributed by atoms with Crippen molar-refractivity contribution in [1.82, 2.24) is 0 Å². The number of hydrogen-bond acceptors (Lipinski definition) is 2. The van der Waals surface area contributed by atoms with Crippen molar-refractivity contribution < 1.29 is 72.6 Å². The van der Waals surface area contributed by atoms with Crippen LogP contribution in [-0.4, -0.2) is 22.2 Å². The summed E-state index contributed by atoms with van der Waals surface area (Å²) in [6, 6.07) is 0. The molecule has 0 spiro atoms. The summed E-state index contributed by atoms with van der Waals surface area (Å²) in [6.07, 6.45) is 12.0. The molecule has 0 aliphatic carbocycles. The molecule has 0 aromatic heterocycles. The van der Waals surface area contributed by atoms with Gasteiger partial charge >= 0.3 is 63.3 Å². The van der Waals surface area contributed by atoms with Gasteiger partial charge in [0, 0.05) is 0 Å². The SMILES string of the molecule is CCCCCCCCCCCCC(CC)(C(=O)O)C(=O)O.[H-].[K+]. The number of carboxylic acid groups (broad SMARTS) is 2. The molecule has 0 fully saturated rings. The molecule has 4 nitrogen and oxygen atoms in total. The van der Waals surface area contributed by atoms with Crippen LogP contribution < -0.4 is 51.4 Å². The van der Waals surface area contributed by atoms with E-state index in [4.69, 9.17) is 10.2 Å². The molecule has 0 aromatic rings. The number of rotatable bonds is 14. The maximum absolute atomic E-state index is 11.2. The Balaban J connectivity index is -0.00000200. The smallest absolute Gasteiger partial charge is 1.00 e. The van der Waals surface area contributed by atoms with Gasteiger partial charge in [0.1, 0.15) is 0 Å². The summed E-state index contributed by atoms with van der Waals surface area (Å²) in [5.74, 6) is -2.40. The number of carbonyl (C=O) groups is 2. The monoisotopic (exact) mass is 340 g/mol. The number of carboxylic acids is 2. The molecule has 0 radical (unpaired) electrons. The number of unbranched alkanes of at least 4 members (excludes halogenated alkanes) is 9. The van der Waals surface area contributed by atoms with Crippen LogP contribution in [0.4, 0.5) is 0 Å². The molecular formula is C17H33KO4. The van der Waals surface area contributed by atoms with Gasteiger partial charge < -0.3 is 11.6 Å². The fourth-order valence-corrected chi connectivity index (χ4v) is 2.70. The first-order valence-corrected chi connectivity index (χ1v) is 8.48. The molecule has 0 aromatic carbocycles. The molecule has 0 aliphatic heterocycles. The third kappa shape index (κ3) is 9.66. The summed E-state index contributed by atoms with van der Waals surface area (Å²) < 4.78 is 0. The van der Waals surface area contributed by atoms with Crippen molar-refractivity contribution in [3.05, 3.63) is 0 Å². The van der Waals surface area contributed by atoms with E-state index in [1.54, 1.807) is 6.92 Å². The largest absolute Gasteiger partial charge is 1.00 e. The molecule has 0 amide bonds. The van der Waals surface area contributed by atoms with Crippen LogP contribution in [0.3, 0.4) is 0 Å². The fraction of sp³-hybridized carbons (Fsp3) is 0.882. The van der Waals surface area contributed by atoms with Gasteiger partial charge in [-0.25, -0.2) is 0 Å². The average molecular weight is 341 g/mol. The van der Waals surface area contributed by atoms with Gasteiger partial charge in [-0.3, -0.25) is 9.59 Å². The Labute approximate surface area is 179 Å². The Kier molecular flexibility index (Phi) is 17.1. The van der Waals surface area contributed by atoms with Crippen molar-refractivity contribution in [1.29, 1.82) is 0 Å². The second-order valence-electron chi connectivity index (χ2n) is 5.98. The zero-order valence-electron chi connectivity index (χ0n) is 15.7. The Morgan fingerprint density at radius 2 is 1.14 bits per heavy atom. The van der Waals surface area contributed by atoms with E-state index >= 15 is 0 Å². The van der Waals surface area contributed by atoms with Crippen molar-refractivity contribution in [3.63, 3.8) is 0 Å². The number of hydrogen-bond donors (Lipinski definition) is 2. The van der Waals surface area contributed by atoms with E-state index in [0.717, 1.165) is 12.8 Å². The van der Waals surface area contributed by atoms with Gasteiger partial charge in [0.15, 0.2) is 5.41 Å². The van der Waals surface area contributed by atoms with Gasteiger partial charge in [0.05, 0.1) is 0 Å². The fourth-order valence-electron chi connectivity index (χ4n) is 2.70. The first-order chi connectivity index (χ1) is 10.0. The molecule has 0 heterocycles. The van der Waals surface area contributed by atoms with E-state index in [0.29, 0.717) is 6.42 Å². The van der Waals surface area contributed by atoms with E-state index in [-0.39, 0.29) is 65.7 Å². The van der Waals surface area contributed by atoms with Crippen LogP contribution in [0.5, 0.6) is 0 Å². The van der Waals surface area contributed by atoms with E-state index in [1.807, 2.05) is 0 Å². The van der Waals surface area contributed by atoms with Crippen LogP contribution in [0.2, 0.25) is 0 Å². The van der Waals surface area contributed by atoms with Gasteiger partial charge in [-0.1, -0.05) is 78.1 Å². The zero-order valence-corrected chi connectivity index (χ0v) is 17.8. The van der Waals surface area contributed by atoms with Crippen molar-refractivity contribution >= 4 is 11.9 Å². The molecule has 0 saturated heterocycles. The van der Waals surface area contributed by atoms with Crippen molar-refractivity contribution in [2.45, 2.75) is 90.9 Å². The van der Waals surface area contributed by atoms with Crippen LogP contribution in [0, 0.1) is 5.41 Å². The summed E-state index contributed by atoms with van der Waals surface area (Å²) >= 11 is 0. The van der Waals surface area contributed by atoms with Crippen LogP contribution in [0.15, 0.2) is 0 Å². The quantitative estimate of drug-likeness (QED) is 0.288. The molecule has 5 heteroatoms. The molecule has 2 N–H and O–H groups in total. The molecule has 0 bridgehead atoms. The Morgan fingerprint density at radius 1 is 0.773 bits per heavy atom. The van der Waals surface area contributed by atoms with Gasteiger partial charge in [-0.15, -0.1) is 0 Å². The zero-order chi connectivity index (χ0) is 16.1. The summed E-state index contributed by atoms with van der Waals surface area (Å²) in [7, 11) is 0. The first-order valence-electron chi connectivity index (χ1n) is 8.48. The molecule has 0 aliphatic rings. The predicted octanol–water partition coefficient (Wildman–Crippen LogP) is 1.98. The topological polar surface area (TPSA) is 74.6 Å². The van der Waals surface area contributed by atoms with Crippen LogP contribution >= 0.6 is 0 Å². The molecular weight excluding hydrogens is 307 g/mol. The van der Waals surface area contributed by atoms with Gasteiger partial charge in [0.25, 0.3) is 0 Å². The normalized spacial score (nSPS) is 11.0. The van der Waals surface area contributed by atoms with Crippen LogP contribution in [-0.2, 0) is 9.59 Å². The summed E-state index contributed by atoms with van der Waals surface area (Å²) in [4.78, 5) is 22.4. The average Bonchev–Trinajstić information content (AvgIpc) is 2.44. The van der Waals surface area contributed by atoms with E-state index < -0.39 is 17.4 Å². The third-order valence-electron chi connectivity index (χ3n) is 4.38. The van der Waals surface area contributed by atoms with E-state index in [1.165, 1.54) is 44.9 Å². The minimum Gasteiger partial charge on any atom is -1.00 e. The number of aliphatic carboxylic acids is 2. The first kappa shape index (κ1) is 24.8. The second kappa shape index (κ2) is 15.1. The summed E-state index contributed by atoms with van der Waals surface area (Å²) in [5.41, 5.74) is -1.58. The molecule has 0 unspecified atom stereocenters. The predicted molar refractivity (Wildman–Crippen MR) is 85.6 cm³/mol. The Hall–Kier alpha value is 0.576. The maximum Gasteiger partial charge on any atom is 1.00 e. The molecule has 0 atom stereocenters. The van der Waals surface area contributed by atoms with Crippen LogP contribution in [0.1, 0.15) is 92.3 Å². The van der Waals surface area contributed by atoms with E-state index in [9.17, 15) is 9.59 Å². The second-order valence-corrected chi connectivity index (χ2v) is 5.98. The minimum absolute atomic E-state index is 0. The van der Waals surface area contributed by atoms with Crippen molar-refractivity contribution in [2.24, 2.45) is 5.41 Å². The Bertz CT molecular complexity index is 297. The third-order valence-corrected chi connectivity index (χ3v) is 4.38. The summed E-state index contributed by atoms with van der Waals surface area (Å²) in [6.45, 7) is 3.85. The molecule has 126 valence electrons. The van der Waals surface area contributed by atoms with Gasteiger partial charge in [-0.05, 0) is 12.8 Å². The van der Waals surface area contributed by atoms with Gasteiger partial charge in [0.2, 0.25) is 0 Å².